The van der Waals surface area contributed by atoms with Gasteiger partial charge in [0.15, 0.2) is 0 Å². The Balaban J connectivity index is 3.74. The second-order valence-corrected chi connectivity index (χ2v) is 3.70. The van der Waals surface area contributed by atoms with Crippen molar-refractivity contribution in [3.05, 3.63) is 0 Å². The predicted octanol–water partition coefficient (Wildman–Crippen LogP) is 2.09. The maximum absolute atomic E-state index is 11.3. The van der Waals surface area contributed by atoms with E-state index in [0.29, 0.717) is 6.61 Å². The molecular formula is C11H23NO2. The standard InChI is InChI=1S/C11H23NO2/c1-4-6-7-8-10(12)9(3)11(13)14-5-2/h9-10H,4-8,12H2,1-3H3/t9?,10-/m0/s1. The summed E-state index contributed by atoms with van der Waals surface area (Å²) in [5, 5.41) is 0. The van der Waals surface area contributed by atoms with Gasteiger partial charge in [0.25, 0.3) is 0 Å². The number of esters is 1. The first-order valence-electron chi connectivity index (χ1n) is 5.55. The summed E-state index contributed by atoms with van der Waals surface area (Å²) in [6.45, 7) is 6.24. The SMILES string of the molecule is CCCCC[C@H](N)C(C)C(=O)OCC. The fourth-order valence-corrected chi connectivity index (χ4v) is 1.33. The van der Waals surface area contributed by atoms with Crippen LogP contribution in [0.15, 0.2) is 0 Å². The monoisotopic (exact) mass is 201 g/mol. The lowest BCUT2D eigenvalue weighted by Crippen LogP contribution is -2.34. The van der Waals surface area contributed by atoms with Crippen molar-refractivity contribution in [1.29, 1.82) is 0 Å². The molecule has 0 aliphatic carbocycles. The van der Waals surface area contributed by atoms with Crippen molar-refractivity contribution in [2.75, 3.05) is 6.61 Å². The van der Waals surface area contributed by atoms with Gasteiger partial charge in [-0.25, -0.2) is 0 Å². The minimum atomic E-state index is -0.174. The van der Waals surface area contributed by atoms with Gasteiger partial charge in [0.2, 0.25) is 0 Å². The van der Waals surface area contributed by atoms with Gasteiger partial charge in [0.05, 0.1) is 12.5 Å². The molecule has 84 valence electrons. The van der Waals surface area contributed by atoms with E-state index >= 15 is 0 Å². The van der Waals surface area contributed by atoms with Crippen LogP contribution in [0.1, 0.15) is 46.5 Å². The summed E-state index contributed by atoms with van der Waals surface area (Å²) in [5.74, 6) is -0.344. The van der Waals surface area contributed by atoms with Crippen LogP contribution in [0.5, 0.6) is 0 Å². The van der Waals surface area contributed by atoms with Crippen molar-refractivity contribution in [1.82, 2.24) is 0 Å². The van der Waals surface area contributed by atoms with Gasteiger partial charge >= 0.3 is 5.97 Å². The molecule has 0 aliphatic rings. The summed E-state index contributed by atoms with van der Waals surface area (Å²) in [5.41, 5.74) is 5.89. The van der Waals surface area contributed by atoms with Crippen LogP contribution in [-0.2, 0) is 9.53 Å². The molecule has 0 aromatic carbocycles. The van der Waals surface area contributed by atoms with Crippen LogP contribution in [0.2, 0.25) is 0 Å². The Kier molecular flexibility index (Phi) is 7.48. The Bertz CT molecular complexity index is 159. The highest BCUT2D eigenvalue weighted by Gasteiger charge is 2.20. The second kappa shape index (κ2) is 7.80. The third-order valence-corrected chi connectivity index (χ3v) is 2.44. The normalized spacial score (nSPS) is 14.9. The van der Waals surface area contributed by atoms with E-state index in [1.54, 1.807) is 0 Å². The van der Waals surface area contributed by atoms with E-state index in [2.05, 4.69) is 6.92 Å². The van der Waals surface area contributed by atoms with Crippen LogP contribution < -0.4 is 5.73 Å². The zero-order valence-electron chi connectivity index (χ0n) is 9.58. The van der Waals surface area contributed by atoms with Gasteiger partial charge < -0.3 is 10.5 Å². The van der Waals surface area contributed by atoms with Gasteiger partial charge in [-0.3, -0.25) is 4.79 Å². The summed E-state index contributed by atoms with van der Waals surface area (Å²) in [6.07, 6.45) is 4.37. The van der Waals surface area contributed by atoms with Gasteiger partial charge in [0.1, 0.15) is 0 Å². The van der Waals surface area contributed by atoms with Crippen molar-refractivity contribution in [2.24, 2.45) is 11.7 Å². The number of carbonyl (C=O) groups excluding carboxylic acids is 1. The lowest BCUT2D eigenvalue weighted by Gasteiger charge is -2.17. The summed E-state index contributed by atoms with van der Waals surface area (Å²) in [6, 6.07) is -0.0550. The minimum Gasteiger partial charge on any atom is -0.466 e. The number of unbranched alkanes of at least 4 members (excludes halogenated alkanes) is 2. The molecular weight excluding hydrogens is 178 g/mol. The van der Waals surface area contributed by atoms with Crippen molar-refractivity contribution in [2.45, 2.75) is 52.5 Å². The molecule has 0 aliphatic heterocycles. The Morgan fingerprint density at radius 2 is 2.00 bits per heavy atom. The molecule has 0 bridgehead atoms. The van der Waals surface area contributed by atoms with Crippen LogP contribution in [0.25, 0.3) is 0 Å². The fourth-order valence-electron chi connectivity index (χ4n) is 1.33. The van der Waals surface area contributed by atoms with E-state index < -0.39 is 0 Å². The van der Waals surface area contributed by atoms with Gasteiger partial charge in [0, 0.05) is 6.04 Å². The first-order chi connectivity index (χ1) is 6.63. The third-order valence-electron chi connectivity index (χ3n) is 2.44. The van der Waals surface area contributed by atoms with Crippen LogP contribution in [0.4, 0.5) is 0 Å². The van der Waals surface area contributed by atoms with E-state index in [1.165, 1.54) is 12.8 Å². The van der Waals surface area contributed by atoms with Crippen LogP contribution in [0, 0.1) is 5.92 Å². The lowest BCUT2D eigenvalue weighted by atomic mass is 9.97. The number of hydrogen-bond acceptors (Lipinski definition) is 3. The first kappa shape index (κ1) is 13.4. The van der Waals surface area contributed by atoms with E-state index in [9.17, 15) is 4.79 Å². The van der Waals surface area contributed by atoms with E-state index in [0.717, 1.165) is 12.8 Å². The number of hydrogen-bond donors (Lipinski definition) is 1. The average molecular weight is 201 g/mol. The topological polar surface area (TPSA) is 52.3 Å². The molecule has 0 spiro atoms. The molecule has 3 nitrogen and oxygen atoms in total. The molecule has 14 heavy (non-hydrogen) atoms. The molecule has 0 fully saturated rings. The fraction of sp³-hybridized carbons (Fsp3) is 0.909. The Labute approximate surface area is 87.0 Å². The van der Waals surface area contributed by atoms with Crippen molar-refractivity contribution < 1.29 is 9.53 Å². The molecule has 2 atom stereocenters. The molecule has 3 heteroatoms. The number of ether oxygens (including phenoxy) is 1. The molecule has 0 saturated heterocycles. The van der Waals surface area contributed by atoms with Gasteiger partial charge in [-0.15, -0.1) is 0 Å². The average Bonchev–Trinajstić information content (AvgIpc) is 2.17. The molecule has 0 aromatic rings. The Morgan fingerprint density at radius 3 is 2.50 bits per heavy atom. The van der Waals surface area contributed by atoms with E-state index in [-0.39, 0.29) is 17.9 Å². The zero-order chi connectivity index (χ0) is 11.0. The van der Waals surface area contributed by atoms with Gasteiger partial charge in [-0.05, 0) is 13.3 Å². The number of nitrogens with two attached hydrogens (primary N) is 1. The molecule has 0 radical (unpaired) electrons. The molecule has 0 rings (SSSR count). The molecule has 2 N–H and O–H groups in total. The molecule has 1 unspecified atom stereocenters. The highest BCUT2D eigenvalue weighted by Crippen LogP contribution is 2.11. The summed E-state index contributed by atoms with van der Waals surface area (Å²) in [4.78, 5) is 11.3. The van der Waals surface area contributed by atoms with Crippen molar-refractivity contribution in [3.63, 3.8) is 0 Å². The maximum Gasteiger partial charge on any atom is 0.310 e. The largest absolute Gasteiger partial charge is 0.466 e. The van der Waals surface area contributed by atoms with Crippen molar-refractivity contribution in [3.8, 4) is 0 Å². The molecule has 0 heterocycles. The molecule has 0 amide bonds. The van der Waals surface area contributed by atoms with E-state index in [4.69, 9.17) is 10.5 Å². The lowest BCUT2D eigenvalue weighted by molar-refractivity contribution is -0.148. The van der Waals surface area contributed by atoms with Crippen LogP contribution >= 0.6 is 0 Å². The number of rotatable bonds is 7. The number of carbonyl (C=O) groups is 1. The predicted molar refractivity (Wildman–Crippen MR) is 57.9 cm³/mol. The van der Waals surface area contributed by atoms with Gasteiger partial charge in [-0.2, -0.15) is 0 Å². The quantitative estimate of drug-likeness (QED) is 0.507. The molecule has 0 aromatic heterocycles. The van der Waals surface area contributed by atoms with Crippen LogP contribution in [0.3, 0.4) is 0 Å². The van der Waals surface area contributed by atoms with E-state index in [1.807, 2.05) is 13.8 Å². The third kappa shape index (κ3) is 5.22. The summed E-state index contributed by atoms with van der Waals surface area (Å²) < 4.78 is 4.91. The zero-order valence-corrected chi connectivity index (χ0v) is 9.58. The Hall–Kier alpha value is -0.570. The summed E-state index contributed by atoms with van der Waals surface area (Å²) in [7, 11) is 0. The highest BCUT2D eigenvalue weighted by molar-refractivity contribution is 5.72. The molecule has 0 saturated carbocycles. The first-order valence-corrected chi connectivity index (χ1v) is 5.55. The Morgan fingerprint density at radius 1 is 1.36 bits per heavy atom. The highest BCUT2D eigenvalue weighted by atomic mass is 16.5. The van der Waals surface area contributed by atoms with Crippen LogP contribution in [-0.4, -0.2) is 18.6 Å². The van der Waals surface area contributed by atoms with Crippen molar-refractivity contribution >= 4 is 5.97 Å². The maximum atomic E-state index is 11.3. The minimum absolute atomic E-state index is 0.0550. The summed E-state index contributed by atoms with van der Waals surface area (Å²) >= 11 is 0. The van der Waals surface area contributed by atoms with Gasteiger partial charge in [-0.1, -0.05) is 33.1 Å². The second-order valence-electron chi connectivity index (χ2n) is 3.70. The smallest absolute Gasteiger partial charge is 0.310 e.